The Morgan fingerprint density at radius 3 is 2.29 bits per heavy atom. The quantitative estimate of drug-likeness (QED) is 0.609. The summed E-state index contributed by atoms with van der Waals surface area (Å²) >= 11 is 0. The summed E-state index contributed by atoms with van der Waals surface area (Å²) < 4.78 is 31.9. The number of hydrogen-bond donors (Lipinski definition) is 2. The number of carbonyl (C=O) groups excluding carboxylic acids is 2. The molecule has 28 heavy (non-hydrogen) atoms. The zero-order valence-corrected chi connectivity index (χ0v) is 17.6. The van der Waals surface area contributed by atoms with Crippen LogP contribution >= 0.6 is 0 Å². The lowest BCUT2D eigenvalue weighted by atomic mass is 10.0. The SMILES string of the molecule is CC(C)NS(=O)(=O)c1ccc(NC(=O)[C@@H](C)OC(=O)CCC2CCCC2)cc1. The fourth-order valence-corrected chi connectivity index (χ4v) is 4.52. The molecule has 0 unspecified atom stereocenters. The number of sulfonamides is 1. The van der Waals surface area contributed by atoms with Gasteiger partial charge in [0.25, 0.3) is 5.91 Å². The number of hydrogen-bond acceptors (Lipinski definition) is 5. The van der Waals surface area contributed by atoms with E-state index in [0.29, 0.717) is 18.0 Å². The maximum Gasteiger partial charge on any atom is 0.306 e. The van der Waals surface area contributed by atoms with Gasteiger partial charge in [-0.05, 0) is 57.4 Å². The van der Waals surface area contributed by atoms with E-state index in [0.717, 1.165) is 6.42 Å². The smallest absolute Gasteiger partial charge is 0.306 e. The fourth-order valence-electron chi connectivity index (χ4n) is 3.27. The van der Waals surface area contributed by atoms with Crippen LogP contribution in [-0.2, 0) is 24.3 Å². The lowest BCUT2D eigenvalue weighted by Crippen LogP contribution is -2.30. The lowest BCUT2D eigenvalue weighted by Gasteiger charge is -2.15. The summed E-state index contributed by atoms with van der Waals surface area (Å²) in [5.41, 5.74) is 0.433. The van der Waals surface area contributed by atoms with Crippen molar-refractivity contribution < 1.29 is 22.7 Å². The van der Waals surface area contributed by atoms with E-state index in [1.54, 1.807) is 13.8 Å². The summed E-state index contributed by atoms with van der Waals surface area (Å²) in [6.07, 6.45) is 5.02. The highest BCUT2D eigenvalue weighted by Crippen LogP contribution is 2.28. The van der Waals surface area contributed by atoms with Gasteiger partial charge in [-0.3, -0.25) is 9.59 Å². The van der Waals surface area contributed by atoms with Crippen molar-refractivity contribution in [1.29, 1.82) is 0 Å². The van der Waals surface area contributed by atoms with Crippen LogP contribution in [0.5, 0.6) is 0 Å². The molecule has 0 bridgehead atoms. The van der Waals surface area contributed by atoms with Crippen LogP contribution in [0.25, 0.3) is 0 Å². The summed E-state index contributed by atoms with van der Waals surface area (Å²) in [6, 6.07) is 5.62. The van der Waals surface area contributed by atoms with E-state index in [4.69, 9.17) is 4.74 Å². The molecular weight excluding hydrogens is 380 g/mol. The van der Waals surface area contributed by atoms with E-state index >= 15 is 0 Å². The van der Waals surface area contributed by atoms with E-state index in [2.05, 4.69) is 10.0 Å². The molecule has 1 aromatic rings. The third kappa shape index (κ3) is 6.91. The van der Waals surface area contributed by atoms with Crippen molar-refractivity contribution in [3.05, 3.63) is 24.3 Å². The minimum atomic E-state index is -3.58. The summed E-state index contributed by atoms with van der Waals surface area (Å²) in [5.74, 6) is -0.224. The van der Waals surface area contributed by atoms with Crippen LogP contribution in [-0.4, -0.2) is 32.4 Å². The fraction of sp³-hybridized carbons (Fsp3) is 0.600. The standard InChI is InChI=1S/C20H30N2O5S/c1-14(2)22-28(25,26)18-11-9-17(10-12-18)21-20(24)15(3)27-19(23)13-8-16-6-4-5-7-16/h9-12,14-16,22H,4-8,13H2,1-3H3,(H,21,24)/t15-/m1/s1. The van der Waals surface area contributed by atoms with Crippen molar-refractivity contribution in [3.8, 4) is 0 Å². The molecule has 1 fully saturated rings. The Bertz CT molecular complexity index is 768. The van der Waals surface area contributed by atoms with Crippen molar-refractivity contribution in [2.45, 2.75) is 76.3 Å². The first kappa shape index (κ1) is 22.4. The number of nitrogens with one attached hydrogen (secondary N) is 2. The second kappa shape index (κ2) is 10.0. The number of esters is 1. The molecule has 1 aromatic carbocycles. The molecule has 1 aliphatic carbocycles. The van der Waals surface area contributed by atoms with Crippen LogP contribution in [0.1, 0.15) is 59.3 Å². The van der Waals surface area contributed by atoms with Crippen LogP contribution < -0.4 is 10.0 Å². The first-order chi connectivity index (χ1) is 13.2. The Kier molecular flexibility index (Phi) is 8.00. The molecular formula is C20H30N2O5S. The number of rotatable bonds is 9. The molecule has 0 radical (unpaired) electrons. The second-order valence-electron chi connectivity index (χ2n) is 7.61. The Morgan fingerprint density at radius 1 is 1.11 bits per heavy atom. The first-order valence-corrected chi connectivity index (χ1v) is 11.3. The van der Waals surface area contributed by atoms with Gasteiger partial charge in [-0.15, -0.1) is 0 Å². The molecule has 1 atom stereocenters. The Morgan fingerprint density at radius 2 is 1.71 bits per heavy atom. The van der Waals surface area contributed by atoms with Crippen molar-refractivity contribution >= 4 is 27.6 Å². The van der Waals surface area contributed by atoms with Gasteiger partial charge in [0, 0.05) is 18.2 Å². The van der Waals surface area contributed by atoms with Crippen molar-refractivity contribution in [2.24, 2.45) is 5.92 Å². The summed E-state index contributed by atoms with van der Waals surface area (Å²) in [7, 11) is -3.58. The van der Waals surface area contributed by atoms with Crippen molar-refractivity contribution in [1.82, 2.24) is 4.72 Å². The minimum absolute atomic E-state index is 0.116. The lowest BCUT2D eigenvalue weighted by molar-refractivity contribution is -0.153. The largest absolute Gasteiger partial charge is 0.453 e. The third-order valence-corrected chi connectivity index (χ3v) is 6.41. The normalized spacial score (nSPS) is 16.1. The molecule has 1 amide bonds. The molecule has 1 saturated carbocycles. The van der Waals surface area contributed by atoms with Crippen molar-refractivity contribution in [2.75, 3.05) is 5.32 Å². The van der Waals surface area contributed by atoms with Crippen LogP contribution in [0.15, 0.2) is 29.2 Å². The number of anilines is 1. The van der Waals surface area contributed by atoms with Gasteiger partial charge in [0.15, 0.2) is 6.10 Å². The van der Waals surface area contributed by atoms with Crippen LogP contribution in [0.3, 0.4) is 0 Å². The van der Waals surface area contributed by atoms with Gasteiger partial charge in [-0.25, -0.2) is 13.1 Å². The average Bonchev–Trinajstić information content (AvgIpc) is 3.13. The highest BCUT2D eigenvalue weighted by Gasteiger charge is 2.21. The van der Waals surface area contributed by atoms with E-state index < -0.39 is 22.0 Å². The molecule has 2 rings (SSSR count). The van der Waals surface area contributed by atoms with E-state index in [1.807, 2.05) is 0 Å². The number of benzene rings is 1. The Hall–Kier alpha value is -1.93. The minimum Gasteiger partial charge on any atom is -0.453 e. The van der Waals surface area contributed by atoms with Gasteiger partial charge in [0.2, 0.25) is 10.0 Å². The summed E-state index contributed by atoms with van der Waals surface area (Å²) in [4.78, 5) is 24.3. The third-order valence-electron chi connectivity index (χ3n) is 4.73. The number of ether oxygens (including phenoxy) is 1. The highest BCUT2D eigenvalue weighted by atomic mass is 32.2. The van der Waals surface area contributed by atoms with Crippen LogP contribution in [0.2, 0.25) is 0 Å². The topological polar surface area (TPSA) is 102 Å². The van der Waals surface area contributed by atoms with Gasteiger partial charge in [0.05, 0.1) is 4.90 Å². The monoisotopic (exact) mass is 410 g/mol. The molecule has 8 heteroatoms. The highest BCUT2D eigenvalue weighted by molar-refractivity contribution is 7.89. The Balaban J connectivity index is 1.83. The van der Waals surface area contributed by atoms with E-state index in [-0.39, 0.29) is 16.9 Å². The molecule has 0 spiro atoms. The average molecular weight is 411 g/mol. The van der Waals surface area contributed by atoms with Crippen molar-refractivity contribution in [3.63, 3.8) is 0 Å². The van der Waals surface area contributed by atoms with Gasteiger partial charge >= 0.3 is 5.97 Å². The predicted octanol–water partition coefficient (Wildman–Crippen LogP) is 3.21. The molecule has 0 heterocycles. The van der Waals surface area contributed by atoms with Gasteiger partial charge in [-0.2, -0.15) is 0 Å². The molecule has 1 aliphatic rings. The molecule has 0 saturated heterocycles. The summed E-state index contributed by atoms with van der Waals surface area (Å²) in [6.45, 7) is 5.00. The number of carbonyl (C=O) groups is 2. The van der Waals surface area contributed by atoms with Gasteiger partial charge in [-0.1, -0.05) is 25.7 Å². The van der Waals surface area contributed by atoms with Crippen LogP contribution in [0.4, 0.5) is 5.69 Å². The van der Waals surface area contributed by atoms with E-state index in [9.17, 15) is 18.0 Å². The molecule has 0 aliphatic heterocycles. The maximum absolute atomic E-state index is 12.2. The van der Waals surface area contributed by atoms with Gasteiger partial charge < -0.3 is 10.1 Å². The molecule has 2 N–H and O–H groups in total. The van der Waals surface area contributed by atoms with E-state index in [1.165, 1.54) is 56.9 Å². The molecule has 7 nitrogen and oxygen atoms in total. The predicted molar refractivity (Wildman–Crippen MR) is 107 cm³/mol. The zero-order valence-electron chi connectivity index (χ0n) is 16.7. The zero-order chi connectivity index (χ0) is 20.7. The summed E-state index contributed by atoms with van der Waals surface area (Å²) in [5, 5.41) is 2.63. The Labute approximate surface area is 167 Å². The maximum atomic E-state index is 12.2. The molecule has 0 aromatic heterocycles. The first-order valence-electron chi connectivity index (χ1n) is 9.80. The van der Waals surface area contributed by atoms with Crippen LogP contribution in [0, 0.1) is 5.92 Å². The second-order valence-corrected chi connectivity index (χ2v) is 9.32. The molecule has 156 valence electrons. The van der Waals surface area contributed by atoms with Gasteiger partial charge in [0.1, 0.15) is 0 Å². The number of amides is 1.